The number of rotatable bonds is 4. The van der Waals surface area contributed by atoms with E-state index in [4.69, 9.17) is 0 Å². The van der Waals surface area contributed by atoms with Crippen molar-refractivity contribution in [2.24, 2.45) is 5.41 Å². The minimum atomic E-state index is -1.17. The monoisotopic (exact) mass is 318 g/mol. The molecule has 0 unspecified atom stereocenters. The van der Waals surface area contributed by atoms with Crippen molar-refractivity contribution in [2.75, 3.05) is 0 Å². The van der Waals surface area contributed by atoms with Gasteiger partial charge in [-0.05, 0) is 0 Å². The predicted octanol–water partition coefficient (Wildman–Crippen LogP) is 3.81. The average Bonchev–Trinajstić information content (AvgIpc) is 1.92. The molecule has 16 heavy (non-hydrogen) atoms. The molecular formula is C12H28GeOSi2. The Balaban J connectivity index is 4.93. The standard InChI is InChI=1S/C12H28GeOSi2/c1-12(2,3)10(14)13-11(15(4,5)6)16(7,8)9/h11H,1-9H3. The van der Waals surface area contributed by atoms with Crippen molar-refractivity contribution in [3.8, 4) is 0 Å². The van der Waals surface area contributed by atoms with E-state index in [-0.39, 0.29) is 5.41 Å². The Hall–Kier alpha value is 0.647. The summed E-state index contributed by atoms with van der Waals surface area (Å²) in [6.45, 7) is 20.9. The van der Waals surface area contributed by atoms with Crippen molar-refractivity contribution in [2.45, 2.75) is 64.1 Å². The quantitative estimate of drug-likeness (QED) is 0.721. The molecule has 0 heterocycles. The second-order valence-corrected chi connectivity index (χ2v) is 24.3. The van der Waals surface area contributed by atoms with E-state index in [1.807, 2.05) is 0 Å². The van der Waals surface area contributed by atoms with E-state index >= 15 is 0 Å². The minimum absolute atomic E-state index is 0.114. The van der Waals surface area contributed by atoms with Crippen molar-refractivity contribution >= 4 is 36.2 Å². The first-order valence-electron chi connectivity index (χ1n) is 6.07. The molecular weight excluding hydrogens is 289 g/mol. The van der Waals surface area contributed by atoms with Crippen LogP contribution in [0.2, 0.25) is 43.3 Å². The summed E-state index contributed by atoms with van der Waals surface area (Å²) in [5, 5.41) is 0. The topological polar surface area (TPSA) is 17.1 Å². The Bertz CT molecular complexity index is 242. The van der Waals surface area contributed by atoms with Crippen molar-refractivity contribution in [1.29, 1.82) is 0 Å². The zero-order valence-corrected chi connectivity index (χ0v) is 16.6. The van der Waals surface area contributed by atoms with E-state index in [1.54, 1.807) is 0 Å². The summed E-state index contributed by atoms with van der Waals surface area (Å²) < 4.78 is 1.40. The molecule has 0 N–H and O–H groups in total. The number of hydrogen-bond donors (Lipinski definition) is 0. The van der Waals surface area contributed by atoms with Crippen LogP contribution in [0.4, 0.5) is 0 Å². The summed E-state index contributed by atoms with van der Waals surface area (Å²) in [5.74, 6) is 0. The first-order chi connectivity index (χ1) is 6.76. The fraction of sp³-hybridized carbons (Fsp3) is 0.917. The first-order valence-corrected chi connectivity index (χ1v) is 15.5. The normalized spacial score (nSPS) is 14.4. The molecule has 0 aliphatic heterocycles. The maximum absolute atomic E-state index is 12.3. The van der Waals surface area contributed by atoms with Crippen LogP contribution in [-0.2, 0) is 4.79 Å². The van der Waals surface area contributed by atoms with E-state index in [0.29, 0.717) is 4.62 Å². The van der Waals surface area contributed by atoms with Gasteiger partial charge >= 0.3 is 110 Å². The molecule has 0 aliphatic carbocycles. The van der Waals surface area contributed by atoms with Gasteiger partial charge in [0.05, 0.1) is 0 Å². The first kappa shape index (κ1) is 16.6. The van der Waals surface area contributed by atoms with Gasteiger partial charge in [-0.25, -0.2) is 0 Å². The van der Waals surface area contributed by atoms with Crippen molar-refractivity contribution in [1.82, 2.24) is 0 Å². The fourth-order valence-corrected chi connectivity index (χ4v) is 21.6. The molecule has 0 atom stereocenters. The van der Waals surface area contributed by atoms with Crippen molar-refractivity contribution in [3.05, 3.63) is 0 Å². The van der Waals surface area contributed by atoms with Gasteiger partial charge in [-0.1, -0.05) is 0 Å². The van der Waals surface area contributed by atoms with Gasteiger partial charge in [0.1, 0.15) is 0 Å². The Morgan fingerprint density at radius 1 is 0.938 bits per heavy atom. The fourth-order valence-electron chi connectivity index (χ4n) is 2.08. The molecule has 4 heteroatoms. The van der Waals surface area contributed by atoms with Crippen LogP contribution >= 0.6 is 0 Å². The third kappa shape index (κ3) is 5.32. The van der Waals surface area contributed by atoms with Gasteiger partial charge in [0.15, 0.2) is 0 Å². The van der Waals surface area contributed by atoms with E-state index < -0.39 is 31.6 Å². The van der Waals surface area contributed by atoms with Crippen LogP contribution in [0.5, 0.6) is 0 Å². The second kappa shape index (κ2) is 5.10. The van der Waals surface area contributed by atoms with Gasteiger partial charge in [-0.3, -0.25) is 0 Å². The van der Waals surface area contributed by atoms with Crippen LogP contribution in [0, 0.1) is 5.41 Å². The molecule has 94 valence electrons. The molecule has 2 radical (unpaired) electrons. The van der Waals surface area contributed by atoms with Gasteiger partial charge in [-0.2, -0.15) is 0 Å². The van der Waals surface area contributed by atoms with E-state index in [0.717, 1.165) is 4.00 Å². The van der Waals surface area contributed by atoms with Gasteiger partial charge in [0, 0.05) is 0 Å². The third-order valence-corrected chi connectivity index (χ3v) is 26.5. The summed E-state index contributed by atoms with van der Waals surface area (Å²) in [7, 11) is -2.33. The second-order valence-electron chi connectivity index (χ2n) is 7.89. The molecule has 0 rings (SSSR count). The summed E-state index contributed by atoms with van der Waals surface area (Å²) in [6, 6.07) is 0. The molecule has 0 fully saturated rings. The number of carbonyl (C=O) groups is 1. The van der Waals surface area contributed by atoms with Gasteiger partial charge in [-0.15, -0.1) is 0 Å². The Labute approximate surface area is 110 Å². The van der Waals surface area contributed by atoms with E-state index in [1.165, 1.54) is 0 Å². The zero-order valence-electron chi connectivity index (χ0n) is 12.5. The van der Waals surface area contributed by atoms with Crippen LogP contribution in [-0.4, -0.2) is 36.2 Å². The van der Waals surface area contributed by atoms with Gasteiger partial charge in [0.2, 0.25) is 0 Å². The van der Waals surface area contributed by atoms with E-state index in [2.05, 4.69) is 60.1 Å². The number of carbonyl (C=O) groups excluding carboxylic acids is 1. The molecule has 0 aliphatic rings. The van der Waals surface area contributed by atoms with E-state index in [9.17, 15) is 4.79 Å². The molecule has 0 saturated heterocycles. The Kier molecular flexibility index (Phi) is 5.31. The van der Waals surface area contributed by atoms with Crippen LogP contribution in [0.3, 0.4) is 0 Å². The van der Waals surface area contributed by atoms with Gasteiger partial charge in [0.25, 0.3) is 0 Å². The molecule has 0 aromatic heterocycles. The van der Waals surface area contributed by atoms with Gasteiger partial charge < -0.3 is 0 Å². The molecule has 0 aromatic rings. The zero-order chi connectivity index (χ0) is 13.4. The maximum atomic E-state index is 12.3. The van der Waals surface area contributed by atoms with Crippen LogP contribution in [0.15, 0.2) is 0 Å². The molecule has 0 spiro atoms. The van der Waals surface area contributed by atoms with Crippen molar-refractivity contribution in [3.63, 3.8) is 0 Å². The van der Waals surface area contributed by atoms with Crippen LogP contribution in [0.25, 0.3) is 0 Å². The number of hydrogen-bond acceptors (Lipinski definition) is 1. The summed E-state index contributed by atoms with van der Waals surface area (Å²) in [4.78, 5) is 12.3. The molecule has 0 aromatic carbocycles. The van der Waals surface area contributed by atoms with Crippen molar-refractivity contribution < 1.29 is 4.79 Å². The van der Waals surface area contributed by atoms with Crippen LogP contribution < -0.4 is 0 Å². The molecule has 1 nitrogen and oxygen atoms in total. The average molecular weight is 317 g/mol. The summed E-state index contributed by atoms with van der Waals surface area (Å²) in [6.07, 6.45) is 0. The Morgan fingerprint density at radius 3 is 1.44 bits per heavy atom. The molecule has 0 amide bonds. The predicted molar refractivity (Wildman–Crippen MR) is 80.7 cm³/mol. The van der Waals surface area contributed by atoms with Crippen LogP contribution in [0.1, 0.15) is 20.8 Å². The molecule has 0 saturated carbocycles. The molecule has 0 bridgehead atoms. The summed E-state index contributed by atoms with van der Waals surface area (Å²) >= 11 is -0.439. The SMILES string of the molecule is CC(C)(C)[C](=O)[Ge][CH]([Si](C)(C)C)[Si](C)(C)C. The summed E-state index contributed by atoms with van der Waals surface area (Å²) in [5.41, 5.74) is -0.114. The Morgan fingerprint density at radius 2 is 1.25 bits per heavy atom. The third-order valence-electron chi connectivity index (χ3n) is 2.69.